The van der Waals surface area contributed by atoms with E-state index >= 15 is 0 Å². The normalized spacial score (nSPS) is 17.6. The van der Waals surface area contributed by atoms with Crippen molar-refractivity contribution in [1.82, 2.24) is 0 Å². The van der Waals surface area contributed by atoms with E-state index in [1.54, 1.807) is 25.1 Å². The van der Waals surface area contributed by atoms with Crippen LogP contribution in [0.2, 0.25) is 0 Å². The maximum Gasteiger partial charge on any atom is 0.269 e. The second-order valence-electron chi connectivity index (χ2n) is 4.80. The van der Waals surface area contributed by atoms with Gasteiger partial charge in [-0.2, -0.15) is 0 Å². The Morgan fingerprint density at radius 3 is 2.85 bits per heavy atom. The van der Waals surface area contributed by atoms with Gasteiger partial charge in [-0.25, -0.2) is 0 Å². The molecule has 0 aliphatic carbocycles. The average Bonchev–Trinajstić information content (AvgIpc) is 2.44. The Bertz CT molecular complexity index is 527. The number of methoxy groups -OCH3 is 1. The van der Waals surface area contributed by atoms with E-state index in [2.05, 4.69) is 0 Å². The monoisotopic (exact) mass is 277 g/mol. The second kappa shape index (κ2) is 6.05. The van der Waals surface area contributed by atoms with Crippen molar-refractivity contribution in [2.45, 2.75) is 32.8 Å². The SMILES string of the molecule is CCCC(=O)c1ccc2c(c1)N(COC)C(=O)C(C)O2. The molecule has 0 saturated heterocycles. The number of hydrogen-bond donors (Lipinski definition) is 0. The Hall–Kier alpha value is -1.88. The van der Waals surface area contributed by atoms with E-state index in [4.69, 9.17) is 9.47 Å². The molecule has 5 heteroatoms. The predicted octanol–water partition coefficient (Wildman–Crippen LogP) is 2.39. The Morgan fingerprint density at radius 1 is 1.45 bits per heavy atom. The summed E-state index contributed by atoms with van der Waals surface area (Å²) in [6.07, 6.45) is 0.744. The van der Waals surface area contributed by atoms with Crippen LogP contribution in [0.15, 0.2) is 18.2 Å². The third kappa shape index (κ3) is 2.67. The number of benzene rings is 1. The van der Waals surface area contributed by atoms with E-state index in [0.717, 1.165) is 6.42 Å². The Balaban J connectivity index is 2.39. The second-order valence-corrected chi connectivity index (χ2v) is 4.80. The third-order valence-electron chi connectivity index (χ3n) is 3.22. The number of amides is 1. The van der Waals surface area contributed by atoms with Crippen molar-refractivity contribution in [1.29, 1.82) is 0 Å². The van der Waals surface area contributed by atoms with Crippen LogP contribution in [0.25, 0.3) is 0 Å². The molecule has 1 unspecified atom stereocenters. The van der Waals surface area contributed by atoms with Crippen molar-refractivity contribution in [3.05, 3.63) is 23.8 Å². The zero-order chi connectivity index (χ0) is 14.7. The summed E-state index contributed by atoms with van der Waals surface area (Å²) in [5.41, 5.74) is 1.19. The number of rotatable bonds is 5. The number of ketones is 1. The van der Waals surface area contributed by atoms with E-state index < -0.39 is 6.10 Å². The van der Waals surface area contributed by atoms with Gasteiger partial charge in [-0.1, -0.05) is 6.92 Å². The van der Waals surface area contributed by atoms with E-state index in [-0.39, 0.29) is 18.4 Å². The molecule has 1 aliphatic heterocycles. The highest BCUT2D eigenvalue weighted by molar-refractivity contribution is 6.02. The molecule has 1 amide bonds. The molecule has 1 heterocycles. The first kappa shape index (κ1) is 14.5. The zero-order valence-electron chi connectivity index (χ0n) is 12.0. The van der Waals surface area contributed by atoms with Gasteiger partial charge in [-0.3, -0.25) is 14.5 Å². The molecule has 0 aromatic heterocycles. The fourth-order valence-corrected chi connectivity index (χ4v) is 2.21. The molecule has 0 radical (unpaired) electrons. The third-order valence-corrected chi connectivity index (χ3v) is 3.22. The maximum atomic E-state index is 12.1. The van der Waals surface area contributed by atoms with Gasteiger partial charge in [0.05, 0.1) is 5.69 Å². The molecule has 1 atom stereocenters. The quantitative estimate of drug-likeness (QED) is 0.775. The minimum atomic E-state index is -0.546. The Morgan fingerprint density at radius 2 is 2.20 bits per heavy atom. The topological polar surface area (TPSA) is 55.8 Å². The lowest BCUT2D eigenvalue weighted by Gasteiger charge is -2.32. The summed E-state index contributed by atoms with van der Waals surface area (Å²) in [5, 5.41) is 0. The lowest BCUT2D eigenvalue weighted by Crippen LogP contribution is -2.45. The van der Waals surface area contributed by atoms with Crippen molar-refractivity contribution in [2.75, 3.05) is 18.7 Å². The maximum absolute atomic E-state index is 12.1. The van der Waals surface area contributed by atoms with Gasteiger partial charge in [0.15, 0.2) is 11.9 Å². The minimum Gasteiger partial charge on any atom is -0.479 e. The number of anilines is 1. The number of ether oxygens (including phenoxy) is 2. The summed E-state index contributed by atoms with van der Waals surface area (Å²) < 4.78 is 10.6. The van der Waals surface area contributed by atoms with E-state index in [0.29, 0.717) is 23.4 Å². The first-order valence-electron chi connectivity index (χ1n) is 6.72. The number of fused-ring (bicyclic) bond motifs is 1. The fourth-order valence-electron chi connectivity index (χ4n) is 2.21. The van der Waals surface area contributed by atoms with Gasteiger partial charge in [-0.05, 0) is 31.5 Å². The summed E-state index contributed by atoms with van der Waals surface area (Å²) in [7, 11) is 1.53. The summed E-state index contributed by atoms with van der Waals surface area (Å²) in [4.78, 5) is 25.6. The highest BCUT2D eigenvalue weighted by atomic mass is 16.5. The largest absolute Gasteiger partial charge is 0.479 e. The van der Waals surface area contributed by atoms with Crippen LogP contribution in [-0.2, 0) is 9.53 Å². The van der Waals surface area contributed by atoms with Gasteiger partial charge in [0, 0.05) is 19.1 Å². The van der Waals surface area contributed by atoms with Crippen molar-refractivity contribution in [3.8, 4) is 5.75 Å². The van der Waals surface area contributed by atoms with Crippen molar-refractivity contribution < 1.29 is 19.1 Å². The minimum absolute atomic E-state index is 0.0683. The molecule has 0 N–H and O–H groups in total. The molecule has 1 aromatic carbocycles. The molecule has 0 saturated carbocycles. The summed E-state index contributed by atoms with van der Waals surface area (Å²) >= 11 is 0. The summed E-state index contributed by atoms with van der Waals surface area (Å²) in [5.74, 6) is 0.500. The molecule has 0 spiro atoms. The molecule has 108 valence electrons. The molecule has 2 rings (SSSR count). The first-order valence-corrected chi connectivity index (χ1v) is 6.72. The molecule has 5 nitrogen and oxygen atoms in total. The van der Waals surface area contributed by atoms with Crippen LogP contribution in [0, 0.1) is 0 Å². The molecule has 0 bridgehead atoms. The first-order chi connectivity index (χ1) is 9.58. The molecule has 1 aliphatic rings. The van der Waals surface area contributed by atoms with Crippen LogP contribution in [0.1, 0.15) is 37.0 Å². The molecule has 0 fully saturated rings. The number of Topliss-reactive ketones (excluding diaryl/α,β-unsaturated/α-hetero) is 1. The van der Waals surface area contributed by atoms with Gasteiger partial charge in [0.2, 0.25) is 0 Å². The molecular formula is C15H19NO4. The van der Waals surface area contributed by atoms with Gasteiger partial charge >= 0.3 is 0 Å². The predicted molar refractivity (Wildman–Crippen MR) is 75.1 cm³/mol. The number of nitrogens with zero attached hydrogens (tertiary/aromatic N) is 1. The van der Waals surface area contributed by atoms with E-state index in [1.807, 2.05) is 6.92 Å². The number of carbonyl (C=O) groups excluding carboxylic acids is 2. The van der Waals surface area contributed by atoms with Crippen molar-refractivity contribution in [2.24, 2.45) is 0 Å². The Kier molecular flexibility index (Phi) is 4.39. The Labute approximate surface area is 118 Å². The van der Waals surface area contributed by atoms with Gasteiger partial charge < -0.3 is 9.47 Å². The van der Waals surface area contributed by atoms with Crippen LogP contribution in [0.4, 0.5) is 5.69 Å². The average molecular weight is 277 g/mol. The van der Waals surface area contributed by atoms with Crippen LogP contribution in [-0.4, -0.2) is 31.6 Å². The summed E-state index contributed by atoms with van der Waals surface area (Å²) in [6, 6.07) is 5.18. The van der Waals surface area contributed by atoms with Crippen molar-refractivity contribution in [3.63, 3.8) is 0 Å². The fraction of sp³-hybridized carbons (Fsp3) is 0.467. The summed E-state index contributed by atoms with van der Waals surface area (Å²) in [6.45, 7) is 3.80. The van der Waals surface area contributed by atoms with Crippen LogP contribution in [0.5, 0.6) is 5.75 Å². The standard InChI is InChI=1S/C15H19NO4/c1-4-5-13(17)11-6-7-14-12(8-11)16(9-19-3)15(18)10(2)20-14/h6-8,10H,4-5,9H2,1-3H3. The highest BCUT2D eigenvalue weighted by Gasteiger charge is 2.31. The lowest BCUT2D eigenvalue weighted by atomic mass is 10.0. The van der Waals surface area contributed by atoms with Crippen LogP contribution in [0.3, 0.4) is 0 Å². The highest BCUT2D eigenvalue weighted by Crippen LogP contribution is 2.35. The van der Waals surface area contributed by atoms with Crippen LogP contribution < -0.4 is 9.64 Å². The van der Waals surface area contributed by atoms with Crippen molar-refractivity contribution >= 4 is 17.4 Å². The lowest BCUT2D eigenvalue weighted by molar-refractivity contribution is -0.126. The van der Waals surface area contributed by atoms with Gasteiger partial charge in [0.1, 0.15) is 12.5 Å². The van der Waals surface area contributed by atoms with E-state index in [1.165, 1.54) is 12.0 Å². The zero-order valence-corrected chi connectivity index (χ0v) is 12.0. The molecular weight excluding hydrogens is 258 g/mol. The van der Waals surface area contributed by atoms with Crippen LogP contribution >= 0.6 is 0 Å². The molecule has 1 aromatic rings. The van der Waals surface area contributed by atoms with E-state index in [9.17, 15) is 9.59 Å². The number of hydrogen-bond acceptors (Lipinski definition) is 4. The number of carbonyl (C=O) groups is 2. The molecule has 20 heavy (non-hydrogen) atoms. The van der Waals surface area contributed by atoms with Gasteiger partial charge in [-0.15, -0.1) is 0 Å². The van der Waals surface area contributed by atoms with Gasteiger partial charge in [0.25, 0.3) is 5.91 Å². The smallest absolute Gasteiger partial charge is 0.269 e.